The Hall–Kier alpha value is -1.32. The summed E-state index contributed by atoms with van der Waals surface area (Å²) >= 11 is 0. The first-order valence-electron chi connectivity index (χ1n) is 3.62. The van der Waals surface area contributed by atoms with Crippen LogP contribution in [0.1, 0.15) is 19.9 Å². The third-order valence-electron chi connectivity index (χ3n) is 1.58. The number of hydrogen-bond donors (Lipinski definition) is 1. The number of halogens is 1. The third-order valence-corrected chi connectivity index (χ3v) is 1.58. The van der Waals surface area contributed by atoms with Crippen molar-refractivity contribution in [2.24, 2.45) is 0 Å². The number of hydrogen-bond acceptors (Lipinski definition) is 2. The van der Waals surface area contributed by atoms with Crippen LogP contribution in [0.2, 0.25) is 0 Å². The van der Waals surface area contributed by atoms with Crippen LogP contribution in [0.4, 0.5) is 4.39 Å². The Morgan fingerprint density at radius 2 is 2.08 bits per heavy atom. The smallest absolute Gasteiger partial charge is 0.258 e. The van der Waals surface area contributed by atoms with E-state index in [2.05, 4.69) is 0 Å². The summed E-state index contributed by atoms with van der Waals surface area (Å²) in [5, 5.41) is 8.96. The van der Waals surface area contributed by atoms with E-state index in [-0.39, 0.29) is 6.04 Å². The molecule has 0 fully saturated rings. The van der Waals surface area contributed by atoms with Crippen LogP contribution in [-0.4, -0.2) is 9.67 Å². The van der Waals surface area contributed by atoms with Crippen LogP contribution >= 0.6 is 0 Å². The van der Waals surface area contributed by atoms with E-state index in [9.17, 15) is 9.18 Å². The highest BCUT2D eigenvalue weighted by atomic mass is 19.1. The zero-order chi connectivity index (χ0) is 9.30. The fraction of sp³-hybridized carbons (Fsp3) is 0.375. The largest absolute Gasteiger partial charge is 0.503 e. The first kappa shape index (κ1) is 8.77. The molecular formula is C8H10FNO2. The fourth-order valence-corrected chi connectivity index (χ4v) is 0.847. The van der Waals surface area contributed by atoms with Gasteiger partial charge < -0.3 is 9.67 Å². The zero-order valence-corrected chi connectivity index (χ0v) is 6.91. The summed E-state index contributed by atoms with van der Waals surface area (Å²) in [6.07, 6.45) is 2.29. The number of pyridine rings is 1. The summed E-state index contributed by atoms with van der Waals surface area (Å²) in [6, 6.07) is 0.0194. The van der Waals surface area contributed by atoms with Gasteiger partial charge >= 0.3 is 0 Å². The third kappa shape index (κ3) is 1.47. The van der Waals surface area contributed by atoms with Crippen molar-refractivity contribution < 1.29 is 9.50 Å². The quantitative estimate of drug-likeness (QED) is 0.691. The highest BCUT2D eigenvalue weighted by Crippen LogP contribution is 2.08. The van der Waals surface area contributed by atoms with Gasteiger partial charge in [0.1, 0.15) is 0 Å². The number of rotatable bonds is 1. The van der Waals surface area contributed by atoms with Gasteiger partial charge in [0.25, 0.3) is 5.43 Å². The second-order valence-corrected chi connectivity index (χ2v) is 2.86. The van der Waals surface area contributed by atoms with Gasteiger partial charge in [0.05, 0.1) is 6.20 Å². The van der Waals surface area contributed by atoms with Crippen LogP contribution in [0.3, 0.4) is 0 Å². The lowest BCUT2D eigenvalue weighted by molar-refractivity contribution is 0.440. The second kappa shape index (κ2) is 2.97. The van der Waals surface area contributed by atoms with Crippen molar-refractivity contribution in [1.82, 2.24) is 4.57 Å². The fourth-order valence-electron chi connectivity index (χ4n) is 0.847. The topological polar surface area (TPSA) is 42.2 Å². The minimum absolute atomic E-state index is 0.0194. The second-order valence-electron chi connectivity index (χ2n) is 2.86. The molecule has 1 N–H and O–H groups in total. The lowest BCUT2D eigenvalue weighted by atomic mass is 10.3. The number of aromatic nitrogens is 1. The Labute approximate surface area is 69.1 Å². The van der Waals surface area contributed by atoms with Crippen LogP contribution in [0.25, 0.3) is 0 Å². The molecule has 0 aliphatic carbocycles. The maximum atomic E-state index is 12.7. The minimum atomic E-state index is -0.952. The molecule has 0 amide bonds. The SMILES string of the molecule is CC(C)n1cc(O)c(=O)c(F)c1. The first-order valence-corrected chi connectivity index (χ1v) is 3.62. The molecule has 0 radical (unpaired) electrons. The molecule has 0 spiro atoms. The van der Waals surface area contributed by atoms with Crippen LogP contribution in [0.5, 0.6) is 5.75 Å². The molecule has 0 aliphatic heterocycles. The van der Waals surface area contributed by atoms with E-state index in [0.29, 0.717) is 0 Å². The Morgan fingerprint density at radius 1 is 1.50 bits per heavy atom. The molecule has 66 valence electrons. The molecule has 0 atom stereocenters. The summed E-state index contributed by atoms with van der Waals surface area (Å²) in [7, 11) is 0. The Balaban J connectivity index is 3.31. The molecule has 0 unspecified atom stereocenters. The first-order chi connectivity index (χ1) is 5.52. The van der Waals surface area contributed by atoms with Gasteiger partial charge in [-0.2, -0.15) is 0 Å². The summed E-state index contributed by atoms with van der Waals surface area (Å²) in [5.41, 5.74) is -0.952. The number of nitrogens with zero attached hydrogens (tertiary/aromatic N) is 1. The van der Waals surface area contributed by atoms with Gasteiger partial charge in [-0.3, -0.25) is 4.79 Å². The van der Waals surface area contributed by atoms with Crippen molar-refractivity contribution in [3.05, 3.63) is 28.4 Å². The lowest BCUT2D eigenvalue weighted by Crippen LogP contribution is -2.12. The summed E-state index contributed by atoms with van der Waals surface area (Å²) in [5.74, 6) is -1.48. The molecule has 0 saturated carbocycles. The van der Waals surface area contributed by atoms with Crippen molar-refractivity contribution in [2.45, 2.75) is 19.9 Å². The summed E-state index contributed by atoms with van der Waals surface area (Å²) in [6.45, 7) is 3.65. The number of aromatic hydroxyl groups is 1. The normalized spacial score (nSPS) is 10.7. The van der Waals surface area contributed by atoms with E-state index in [1.165, 1.54) is 10.8 Å². The van der Waals surface area contributed by atoms with Gasteiger partial charge in [0.15, 0.2) is 11.6 Å². The highest BCUT2D eigenvalue weighted by Gasteiger charge is 2.06. The van der Waals surface area contributed by atoms with Gasteiger partial charge in [-0.1, -0.05) is 0 Å². The van der Waals surface area contributed by atoms with E-state index < -0.39 is 17.0 Å². The van der Waals surface area contributed by atoms with Crippen molar-refractivity contribution in [3.63, 3.8) is 0 Å². The Morgan fingerprint density at radius 3 is 2.50 bits per heavy atom. The Bertz CT molecular complexity index is 317. The van der Waals surface area contributed by atoms with Gasteiger partial charge in [0.2, 0.25) is 0 Å². The maximum absolute atomic E-state index is 12.7. The van der Waals surface area contributed by atoms with E-state index in [4.69, 9.17) is 5.11 Å². The maximum Gasteiger partial charge on any atom is 0.258 e. The van der Waals surface area contributed by atoms with Crippen LogP contribution in [0, 0.1) is 5.82 Å². The lowest BCUT2D eigenvalue weighted by Gasteiger charge is -2.09. The van der Waals surface area contributed by atoms with Gasteiger partial charge in [-0.25, -0.2) is 4.39 Å². The molecule has 1 rings (SSSR count). The summed E-state index contributed by atoms with van der Waals surface area (Å²) < 4.78 is 14.1. The van der Waals surface area contributed by atoms with Crippen LogP contribution in [-0.2, 0) is 0 Å². The monoisotopic (exact) mass is 171 g/mol. The van der Waals surface area contributed by atoms with Gasteiger partial charge in [-0.05, 0) is 13.8 Å². The molecule has 1 aromatic heterocycles. The zero-order valence-electron chi connectivity index (χ0n) is 6.91. The van der Waals surface area contributed by atoms with Crippen molar-refractivity contribution >= 4 is 0 Å². The van der Waals surface area contributed by atoms with Crippen molar-refractivity contribution in [3.8, 4) is 5.75 Å². The molecule has 0 aromatic carbocycles. The van der Waals surface area contributed by atoms with E-state index in [0.717, 1.165) is 6.20 Å². The minimum Gasteiger partial charge on any atom is -0.503 e. The van der Waals surface area contributed by atoms with Crippen LogP contribution in [0.15, 0.2) is 17.2 Å². The predicted octanol–water partition coefficient (Wildman–Crippen LogP) is 1.27. The molecule has 0 saturated heterocycles. The molecule has 3 nitrogen and oxygen atoms in total. The van der Waals surface area contributed by atoms with Gasteiger partial charge in [-0.15, -0.1) is 0 Å². The van der Waals surface area contributed by atoms with Gasteiger partial charge in [0, 0.05) is 12.2 Å². The van der Waals surface area contributed by atoms with Crippen molar-refractivity contribution in [1.29, 1.82) is 0 Å². The molecular weight excluding hydrogens is 161 g/mol. The molecule has 0 aliphatic rings. The molecule has 12 heavy (non-hydrogen) atoms. The standard InChI is InChI=1S/C8H10FNO2/c1-5(2)10-3-6(9)8(12)7(11)4-10/h3-5,11H,1-2H3. The summed E-state index contributed by atoms with van der Waals surface area (Å²) in [4.78, 5) is 10.7. The van der Waals surface area contributed by atoms with E-state index in [1.807, 2.05) is 13.8 Å². The molecule has 1 aromatic rings. The molecule has 1 heterocycles. The van der Waals surface area contributed by atoms with E-state index >= 15 is 0 Å². The predicted molar refractivity (Wildman–Crippen MR) is 42.7 cm³/mol. The van der Waals surface area contributed by atoms with Crippen LogP contribution < -0.4 is 5.43 Å². The Kier molecular flexibility index (Phi) is 2.17. The molecule has 4 heteroatoms. The van der Waals surface area contributed by atoms with E-state index in [1.54, 1.807) is 0 Å². The average Bonchev–Trinajstić information content (AvgIpc) is 1.99. The van der Waals surface area contributed by atoms with Crippen molar-refractivity contribution in [2.75, 3.05) is 0 Å². The molecule has 0 bridgehead atoms. The highest BCUT2D eigenvalue weighted by molar-refractivity contribution is 5.16. The average molecular weight is 171 g/mol.